The van der Waals surface area contributed by atoms with Crippen LogP contribution in [-0.2, 0) is 0 Å². The Morgan fingerprint density at radius 1 is 1.47 bits per heavy atom. The Balaban J connectivity index is 2.24. The first-order chi connectivity index (χ1) is 8.99. The summed E-state index contributed by atoms with van der Waals surface area (Å²) in [5, 5.41) is 9.56. The van der Waals surface area contributed by atoms with Crippen molar-refractivity contribution in [1.82, 2.24) is 4.90 Å². The Morgan fingerprint density at radius 3 is 2.63 bits per heavy atom. The Bertz CT molecular complexity index is 473. The van der Waals surface area contributed by atoms with E-state index in [1.165, 1.54) is 6.07 Å². The first-order valence-corrected chi connectivity index (χ1v) is 6.87. The Kier molecular flexibility index (Phi) is 4.50. The van der Waals surface area contributed by atoms with Gasteiger partial charge in [0.2, 0.25) is 0 Å². The summed E-state index contributed by atoms with van der Waals surface area (Å²) in [5.74, 6) is -0.223. The predicted molar refractivity (Wildman–Crippen MR) is 77.5 cm³/mol. The number of thiocarbonyl (C=S) groups is 1. The molecule has 0 spiro atoms. The van der Waals surface area contributed by atoms with Crippen molar-refractivity contribution in [2.75, 3.05) is 13.1 Å². The van der Waals surface area contributed by atoms with Gasteiger partial charge in [-0.1, -0.05) is 24.4 Å². The zero-order valence-electron chi connectivity index (χ0n) is 11.0. The normalized spacial score (nSPS) is 19.3. The number of likely N-dealkylation sites (tertiary alicyclic amines) is 1. The molecule has 1 saturated heterocycles. The number of aryl methyl sites for hydroxylation is 1. The number of nitrogens with zero attached hydrogens (tertiary/aromatic N) is 1. The number of hydrogen-bond donors (Lipinski definition) is 2. The molecule has 2 rings (SSSR count). The fourth-order valence-electron chi connectivity index (χ4n) is 2.54. The molecule has 3 N–H and O–H groups in total. The summed E-state index contributed by atoms with van der Waals surface area (Å²) >= 11 is 5.17. The van der Waals surface area contributed by atoms with Crippen molar-refractivity contribution in [3.63, 3.8) is 0 Å². The summed E-state index contributed by atoms with van der Waals surface area (Å²) in [6, 6.07) is 4.80. The number of benzene rings is 1. The van der Waals surface area contributed by atoms with E-state index in [9.17, 15) is 9.50 Å². The van der Waals surface area contributed by atoms with E-state index in [2.05, 4.69) is 4.90 Å². The quantitative estimate of drug-likeness (QED) is 0.832. The predicted octanol–water partition coefficient (Wildman–Crippen LogP) is 1.92. The Hall–Kier alpha value is -1.04. The van der Waals surface area contributed by atoms with E-state index in [4.69, 9.17) is 18.0 Å². The van der Waals surface area contributed by atoms with E-state index in [0.29, 0.717) is 10.6 Å². The first kappa shape index (κ1) is 14.4. The van der Waals surface area contributed by atoms with E-state index in [1.54, 1.807) is 19.1 Å². The third-order valence-electron chi connectivity index (χ3n) is 3.63. The van der Waals surface area contributed by atoms with E-state index >= 15 is 0 Å². The molecule has 19 heavy (non-hydrogen) atoms. The van der Waals surface area contributed by atoms with E-state index in [0.717, 1.165) is 31.5 Å². The first-order valence-electron chi connectivity index (χ1n) is 6.46. The van der Waals surface area contributed by atoms with Crippen LogP contribution in [0.3, 0.4) is 0 Å². The fourth-order valence-corrected chi connectivity index (χ4v) is 2.82. The number of hydrogen-bond acceptors (Lipinski definition) is 3. The van der Waals surface area contributed by atoms with Crippen LogP contribution >= 0.6 is 12.2 Å². The maximum absolute atomic E-state index is 13.3. The molecule has 1 heterocycles. The number of aliphatic hydroxyl groups is 1. The average Bonchev–Trinajstić information content (AvgIpc) is 2.36. The fraction of sp³-hybridized carbons (Fsp3) is 0.500. The van der Waals surface area contributed by atoms with Gasteiger partial charge in [0.1, 0.15) is 5.82 Å². The van der Waals surface area contributed by atoms with Crippen LogP contribution in [-0.4, -0.2) is 34.2 Å². The van der Waals surface area contributed by atoms with Gasteiger partial charge in [-0.15, -0.1) is 0 Å². The molecule has 104 valence electrons. The molecule has 0 amide bonds. The number of piperidine rings is 1. The Labute approximate surface area is 118 Å². The topological polar surface area (TPSA) is 49.5 Å². The van der Waals surface area contributed by atoms with Gasteiger partial charge in [0.15, 0.2) is 0 Å². The highest BCUT2D eigenvalue weighted by Crippen LogP contribution is 2.26. The molecule has 1 unspecified atom stereocenters. The molecule has 3 nitrogen and oxygen atoms in total. The van der Waals surface area contributed by atoms with Gasteiger partial charge in [0.25, 0.3) is 0 Å². The SMILES string of the molecule is Cc1cc(C(C(N)=S)N2CCC(O)CC2)ccc1F. The monoisotopic (exact) mass is 282 g/mol. The highest BCUT2D eigenvalue weighted by Gasteiger charge is 2.27. The lowest BCUT2D eigenvalue weighted by molar-refractivity contribution is 0.0739. The molecule has 0 aliphatic carbocycles. The summed E-state index contributed by atoms with van der Waals surface area (Å²) < 4.78 is 13.3. The third kappa shape index (κ3) is 3.29. The van der Waals surface area contributed by atoms with Gasteiger partial charge < -0.3 is 10.8 Å². The summed E-state index contributed by atoms with van der Waals surface area (Å²) in [6.07, 6.45) is 1.21. The van der Waals surface area contributed by atoms with Crippen molar-refractivity contribution in [2.45, 2.75) is 31.9 Å². The molecule has 5 heteroatoms. The van der Waals surface area contributed by atoms with Gasteiger partial charge in [0, 0.05) is 13.1 Å². The molecule has 1 aromatic carbocycles. The average molecular weight is 282 g/mol. The van der Waals surface area contributed by atoms with E-state index in [1.807, 2.05) is 0 Å². The smallest absolute Gasteiger partial charge is 0.126 e. The third-order valence-corrected chi connectivity index (χ3v) is 3.85. The minimum absolute atomic E-state index is 0.179. The Morgan fingerprint density at radius 2 is 2.11 bits per heavy atom. The highest BCUT2D eigenvalue weighted by atomic mass is 32.1. The minimum Gasteiger partial charge on any atom is -0.393 e. The molecule has 1 atom stereocenters. The lowest BCUT2D eigenvalue weighted by Crippen LogP contribution is -2.43. The number of nitrogens with two attached hydrogens (primary N) is 1. The summed E-state index contributed by atoms with van der Waals surface area (Å²) in [5.41, 5.74) is 7.37. The van der Waals surface area contributed by atoms with Crippen LogP contribution < -0.4 is 5.73 Å². The number of rotatable bonds is 3. The van der Waals surface area contributed by atoms with Crippen molar-refractivity contribution >= 4 is 17.2 Å². The minimum atomic E-state index is -0.238. The van der Waals surface area contributed by atoms with Gasteiger partial charge in [-0.05, 0) is 37.0 Å². The van der Waals surface area contributed by atoms with Crippen LogP contribution in [0.15, 0.2) is 18.2 Å². The van der Waals surface area contributed by atoms with Crippen LogP contribution in [0, 0.1) is 12.7 Å². The van der Waals surface area contributed by atoms with Crippen molar-refractivity contribution < 1.29 is 9.50 Å². The van der Waals surface area contributed by atoms with E-state index in [-0.39, 0.29) is 18.0 Å². The maximum atomic E-state index is 13.3. The zero-order valence-corrected chi connectivity index (χ0v) is 11.8. The largest absolute Gasteiger partial charge is 0.393 e. The van der Waals surface area contributed by atoms with Gasteiger partial charge in [0.05, 0.1) is 17.1 Å². The van der Waals surface area contributed by atoms with Crippen LogP contribution in [0.2, 0.25) is 0 Å². The second-order valence-electron chi connectivity index (χ2n) is 5.08. The molecule has 0 aromatic heterocycles. The molecular weight excluding hydrogens is 263 g/mol. The number of aliphatic hydroxyl groups excluding tert-OH is 1. The highest BCUT2D eigenvalue weighted by molar-refractivity contribution is 7.80. The van der Waals surface area contributed by atoms with Crippen molar-refractivity contribution in [1.29, 1.82) is 0 Å². The molecule has 1 aromatic rings. The molecule has 0 saturated carbocycles. The summed E-state index contributed by atoms with van der Waals surface area (Å²) in [6.45, 7) is 3.23. The number of halogens is 1. The standard InChI is InChI=1S/C14H19FN2OS/c1-9-8-10(2-3-12(9)15)13(14(16)19)17-6-4-11(18)5-7-17/h2-3,8,11,13,18H,4-7H2,1H3,(H2,16,19). The zero-order chi connectivity index (χ0) is 14.0. The van der Waals surface area contributed by atoms with Gasteiger partial charge in [-0.3, -0.25) is 4.90 Å². The second-order valence-corrected chi connectivity index (χ2v) is 5.55. The molecule has 1 aliphatic heterocycles. The molecule has 1 aliphatic rings. The summed E-state index contributed by atoms with van der Waals surface area (Å²) in [4.78, 5) is 2.55. The molecular formula is C14H19FN2OS. The van der Waals surface area contributed by atoms with Crippen LogP contribution in [0.1, 0.15) is 30.0 Å². The van der Waals surface area contributed by atoms with Gasteiger partial charge in [-0.2, -0.15) is 0 Å². The van der Waals surface area contributed by atoms with Crippen LogP contribution in [0.25, 0.3) is 0 Å². The van der Waals surface area contributed by atoms with Crippen molar-refractivity contribution in [3.05, 3.63) is 35.1 Å². The lowest BCUT2D eigenvalue weighted by Gasteiger charge is -2.36. The molecule has 0 bridgehead atoms. The van der Waals surface area contributed by atoms with Crippen molar-refractivity contribution in [2.24, 2.45) is 5.73 Å². The second kappa shape index (κ2) is 5.94. The summed E-state index contributed by atoms with van der Waals surface area (Å²) in [7, 11) is 0. The lowest BCUT2D eigenvalue weighted by atomic mass is 9.99. The van der Waals surface area contributed by atoms with Crippen molar-refractivity contribution in [3.8, 4) is 0 Å². The van der Waals surface area contributed by atoms with Crippen LogP contribution in [0.5, 0.6) is 0 Å². The molecule has 1 fully saturated rings. The molecule has 0 radical (unpaired) electrons. The maximum Gasteiger partial charge on any atom is 0.126 e. The van der Waals surface area contributed by atoms with Gasteiger partial charge >= 0.3 is 0 Å². The van der Waals surface area contributed by atoms with Crippen LogP contribution in [0.4, 0.5) is 4.39 Å². The van der Waals surface area contributed by atoms with Gasteiger partial charge in [-0.25, -0.2) is 4.39 Å². The van der Waals surface area contributed by atoms with E-state index < -0.39 is 0 Å².